The molecule has 13 heavy (non-hydrogen) atoms. The van der Waals surface area contributed by atoms with Gasteiger partial charge in [0.15, 0.2) is 0 Å². The molecule has 0 aromatic carbocycles. The summed E-state index contributed by atoms with van der Waals surface area (Å²) < 4.78 is 4.70. The normalized spacial score (nSPS) is 12.0. The van der Waals surface area contributed by atoms with Crippen LogP contribution in [0.3, 0.4) is 0 Å². The van der Waals surface area contributed by atoms with Gasteiger partial charge in [-0.1, -0.05) is 11.6 Å². The minimum atomic E-state index is -0.617. The maximum atomic E-state index is 10.9. The van der Waals surface area contributed by atoms with Crippen molar-refractivity contribution in [1.29, 1.82) is 0 Å². The van der Waals surface area contributed by atoms with Crippen molar-refractivity contribution in [3.8, 4) is 0 Å². The second kappa shape index (κ2) is 6.66. The molecule has 0 saturated heterocycles. The first kappa shape index (κ1) is 12.2. The van der Waals surface area contributed by atoms with Crippen LogP contribution in [0.2, 0.25) is 0 Å². The molecule has 1 unspecified atom stereocenters. The van der Waals surface area contributed by atoms with Gasteiger partial charge in [0.25, 0.3) is 0 Å². The number of hydrogen-bond acceptors (Lipinski definition) is 3. The van der Waals surface area contributed by atoms with Crippen molar-refractivity contribution in [2.45, 2.75) is 39.7 Å². The lowest BCUT2D eigenvalue weighted by molar-refractivity contribution is -0.145. The van der Waals surface area contributed by atoms with E-state index in [2.05, 4.69) is 0 Å². The third kappa shape index (κ3) is 7.53. The van der Waals surface area contributed by atoms with Crippen LogP contribution in [0, 0.1) is 0 Å². The summed E-state index contributed by atoms with van der Waals surface area (Å²) in [5, 5.41) is 9.35. The van der Waals surface area contributed by atoms with Crippen molar-refractivity contribution < 1.29 is 14.6 Å². The molecule has 76 valence electrons. The predicted molar refractivity (Wildman–Crippen MR) is 51.3 cm³/mol. The molecule has 0 aliphatic rings. The molecule has 0 aromatic heterocycles. The minimum absolute atomic E-state index is 0.0810. The number of allylic oxidation sites excluding steroid dienone is 1. The third-order valence-corrected chi connectivity index (χ3v) is 1.51. The zero-order valence-corrected chi connectivity index (χ0v) is 8.54. The number of aliphatic hydroxyl groups is 1. The van der Waals surface area contributed by atoms with E-state index in [1.807, 2.05) is 19.9 Å². The smallest absolute Gasteiger partial charge is 0.308 e. The number of esters is 1. The molecule has 0 aliphatic heterocycles. The molecule has 1 N–H and O–H groups in total. The fraction of sp³-hybridized carbons (Fsp3) is 0.700. The monoisotopic (exact) mass is 186 g/mol. The van der Waals surface area contributed by atoms with Crippen molar-refractivity contribution in [2.24, 2.45) is 0 Å². The standard InChI is InChI=1S/C10H18O3/c1-4-13-10(12)7-9(11)6-5-8(2)3/h5,9,11H,4,6-7H2,1-3H3. The number of hydrogen-bond donors (Lipinski definition) is 1. The number of rotatable bonds is 5. The lowest BCUT2D eigenvalue weighted by atomic mass is 10.1. The summed E-state index contributed by atoms with van der Waals surface area (Å²) in [6.45, 7) is 6.03. The summed E-state index contributed by atoms with van der Waals surface area (Å²) in [4.78, 5) is 10.9. The molecule has 3 nitrogen and oxygen atoms in total. The molecule has 0 rings (SSSR count). The van der Waals surface area contributed by atoms with Crippen LogP contribution in [0.15, 0.2) is 11.6 Å². The van der Waals surface area contributed by atoms with Crippen LogP contribution in [0.5, 0.6) is 0 Å². The number of carbonyl (C=O) groups excluding carboxylic acids is 1. The number of ether oxygens (including phenoxy) is 1. The molecule has 3 heteroatoms. The molecule has 0 heterocycles. The van der Waals surface area contributed by atoms with Crippen molar-refractivity contribution in [1.82, 2.24) is 0 Å². The highest BCUT2D eigenvalue weighted by Crippen LogP contribution is 2.03. The fourth-order valence-corrected chi connectivity index (χ4v) is 0.867. The lowest BCUT2D eigenvalue weighted by Crippen LogP contribution is -2.14. The van der Waals surface area contributed by atoms with Crippen LogP contribution in [0.4, 0.5) is 0 Å². The molecular formula is C10H18O3. The molecule has 0 fully saturated rings. The fourth-order valence-electron chi connectivity index (χ4n) is 0.867. The van der Waals surface area contributed by atoms with Gasteiger partial charge in [-0.15, -0.1) is 0 Å². The zero-order valence-electron chi connectivity index (χ0n) is 8.54. The third-order valence-electron chi connectivity index (χ3n) is 1.51. The van der Waals surface area contributed by atoms with Crippen LogP contribution in [-0.2, 0) is 9.53 Å². The highest BCUT2D eigenvalue weighted by Gasteiger charge is 2.09. The molecule has 0 aliphatic carbocycles. The Kier molecular flexibility index (Phi) is 6.24. The van der Waals surface area contributed by atoms with E-state index in [9.17, 15) is 9.90 Å². The Morgan fingerprint density at radius 3 is 2.62 bits per heavy atom. The lowest BCUT2D eigenvalue weighted by Gasteiger charge is -2.07. The quantitative estimate of drug-likeness (QED) is 0.524. The molecule has 0 spiro atoms. The second-order valence-electron chi connectivity index (χ2n) is 3.18. The Morgan fingerprint density at radius 1 is 1.54 bits per heavy atom. The Bertz CT molecular complexity index is 181. The summed E-state index contributed by atoms with van der Waals surface area (Å²) >= 11 is 0. The topological polar surface area (TPSA) is 46.5 Å². The highest BCUT2D eigenvalue weighted by atomic mass is 16.5. The van der Waals surface area contributed by atoms with Gasteiger partial charge in [0.1, 0.15) is 0 Å². The van der Waals surface area contributed by atoms with Gasteiger partial charge in [0.2, 0.25) is 0 Å². The first-order valence-corrected chi connectivity index (χ1v) is 4.53. The van der Waals surface area contributed by atoms with Gasteiger partial charge < -0.3 is 9.84 Å². The average molecular weight is 186 g/mol. The molecular weight excluding hydrogens is 168 g/mol. The summed E-state index contributed by atoms with van der Waals surface area (Å²) in [5.41, 5.74) is 1.14. The first-order chi connectivity index (χ1) is 6.06. The van der Waals surface area contributed by atoms with Crippen LogP contribution < -0.4 is 0 Å². The minimum Gasteiger partial charge on any atom is -0.466 e. The maximum Gasteiger partial charge on any atom is 0.308 e. The van der Waals surface area contributed by atoms with Crippen molar-refractivity contribution in [2.75, 3.05) is 6.61 Å². The van der Waals surface area contributed by atoms with Crippen molar-refractivity contribution in [3.63, 3.8) is 0 Å². The predicted octanol–water partition coefficient (Wildman–Crippen LogP) is 1.66. The summed E-state index contributed by atoms with van der Waals surface area (Å²) in [6.07, 6.45) is 1.89. The maximum absolute atomic E-state index is 10.9. The van der Waals surface area contributed by atoms with E-state index in [1.165, 1.54) is 0 Å². The van der Waals surface area contributed by atoms with Gasteiger partial charge in [0, 0.05) is 0 Å². The summed E-state index contributed by atoms with van der Waals surface area (Å²) in [5.74, 6) is -0.336. The average Bonchev–Trinajstić information content (AvgIpc) is 2.01. The largest absolute Gasteiger partial charge is 0.466 e. The van der Waals surface area contributed by atoms with E-state index in [1.54, 1.807) is 6.92 Å². The van der Waals surface area contributed by atoms with E-state index < -0.39 is 6.10 Å². The van der Waals surface area contributed by atoms with Crippen molar-refractivity contribution in [3.05, 3.63) is 11.6 Å². The first-order valence-electron chi connectivity index (χ1n) is 4.53. The Hall–Kier alpha value is -0.830. The van der Waals surface area contributed by atoms with Crippen LogP contribution in [-0.4, -0.2) is 23.8 Å². The van der Waals surface area contributed by atoms with Crippen LogP contribution in [0.25, 0.3) is 0 Å². The molecule has 0 amide bonds. The molecule has 0 aromatic rings. The van der Waals surface area contributed by atoms with E-state index in [0.717, 1.165) is 5.57 Å². The van der Waals surface area contributed by atoms with Gasteiger partial charge in [-0.2, -0.15) is 0 Å². The second-order valence-corrected chi connectivity index (χ2v) is 3.18. The van der Waals surface area contributed by atoms with Gasteiger partial charge >= 0.3 is 5.97 Å². The Morgan fingerprint density at radius 2 is 2.15 bits per heavy atom. The number of carbonyl (C=O) groups is 1. The Labute approximate surface area is 79.4 Å². The van der Waals surface area contributed by atoms with Crippen LogP contribution >= 0.6 is 0 Å². The Balaban J connectivity index is 3.67. The van der Waals surface area contributed by atoms with E-state index in [0.29, 0.717) is 13.0 Å². The molecule has 0 radical (unpaired) electrons. The van der Waals surface area contributed by atoms with Gasteiger partial charge in [-0.05, 0) is 27.2 Å². The van der Waals surface area contributed by atoms with E-state index in [4.69, 9.17) is 4.74 Å². The van der Waals surface area contributed by atoms with Gasteiger partial charge in [-0.25, -0.2) is 0 Å². The highest BCUT2D eigenvalue weighted by molar-refractivity contribution is 5.69. The number of aliphatic hydroxyl groups excluding tert-OH is 1. The van der Waals surface area contributed by atoms with Gasteiger partial charge in [-0.3, -0.25) is 4.79 Å². The summed E-state index contributed by atoms with van der Waals surface area (Å²) in [7, 11) is 0. The van der Waals surface area contributed by atoms with E-state index in [-0.39, 0.29) is 12.4 Å². The van der Waals surface area contributed by atoms with Crippen LogP contribution in [0.1, 0.15) is 33.6 Å². The molecule has 0 saturated carbocycles. The van der Waals surface area contributed by atoms with Crippen molar-refractivity contribution >= 4 is 5.97 Å². The molecule has 0 bridgehead atoms. The summed E-state index contributed by atoms with van der Waals surface area (Å²) in [6, 6.07) is 0. The molecule has 1 atom stereocenters. The zero-order chi connectivity index (χ0) is 10.3. The van der Waals surface area contributed by atoms with E-state index >= 15 is 0 Å². The van der Waals surface area contributed by atoms with Gasteiger partial charge in [0.05, 0.1) is 19.1 Å². The SMILES string of the molecule is CCOC(=O)CC(O)CC=C(C)C.